The highest BCUT2D eigenvalue weighted by molar-refractivity contribution is 5.68. The summed E-state index contributed by atoms with van der Waals surface area (Å²) in [5.41, 5.74) is 7.86. The van der Waals surface area contributed by atoms with E-state index in [2.05, 4.69) is 52.5 Å². The maximum Gasteiger partial charge on any atom is 0.410 e. The first-order valence-corrected chi connectivity index (χ1v) is 14.3. The lowest BCUT2D eigenvalue weighted by Crippen LogP contribution is -2.50. The van der Waals surface area contributed by atoms with E-state index in [1.165, 1.54) is 40.9 Å². The Morgan fingerprint density at radius 3 is 2.69 bits per heavy atom. The Hall–Kier alpha value is -3.42. The largest absolute Gasteiger partial charge is 0.445 e. The van der Waals surface area contributed by atoms with Crippen LogP contribution in [0.3, 0.4) is 0 Å². The van der Waals surface area contributed by atoms with Gasteiger partial charge in [-0.3, -0.25) is 9.88 Å². The van der Waals surface area contributed by atoms with Crippen LogP contribution in [-0.2, 0) is 30.7 Å². The summed E-state index contributed by atoms with van der Waals surface area (Å²) < 4.78 is 5.57. The Bertz CT molecular complexity index is 1270. The van der Waals surface area contributed by atoms with Crippen molar-refractivity contribution in [2.24, 2.45) is 0 Å². The molecule has 1 amide bonds. The molecule has 3 aromatic rings. The van der Waals surface area contributed by atoms with E-state index < -0.39 is 0 Å². The Labute approximate surface area is 231 Å². The number of fused-ring (bicyclic) bond motifs is 2. The summed E-state index contributed by atoms with van der Waals surface area (Å²) in [6, 6.07) is 21.6. The minimum atomic E-state index is -0.223. The predicted molar refractivity (Wildman–Crippen MR) is 154 cm³/mol. The van der Waals surface area contributed by atoms with E-state index in [0.717, 1.165) is 44.6 Å². The number of nitrogens with zero attached hydrogens (tertiary/aromatic N) is 4. The third kappa shape index (κ3) is 5.80. The van der Waals surface area contributed by atoms with Crippen LogP contribution < -0.4 is 10.2 Å². The number of likely N-dealkylation sites (N-methyl/N-ethyl adjacent to an activating group) is 1. The molecule has 3 heterocycles. The molecule has 1 N–H and O–H groups in total. The molecule has 39 heavy (non-hydrogen) atoms. The van der Waals surface area contributed by atoms with Crippen molar-refractivity contribution < 1.29 is 9.53 Å². The zero-order valence-corrected chi connectivity index (χ0v) is 22.9. The van der Waals surface area contributed by atoms with Gasteiger partial charge in [-0.1, -0.05) is 48.5 Å². The highest BCUT2D eigenvalue weighted by Gasteiger charge is 2.30. The molecular formula is C32H39N5O2. The number of pyridine rings is 1. The first-order chi connectivity index (χ1) is 19.2. The standard InChI is InChI=1S/C32H39N5O2/c1-35(30-14-5-10-25-12-7-15-33-31(25)30)22-27-20-28-26(21-34-27)11-6-13-29(28)36-16-18-37(19-17-36)32(38)39-23-24-8-3-2-4-9-24/h2-4,6-9,11-13,15,27,30,34H,5,10,14,16-23H2,1H3/t27-,30+/m1/s1. The van der Waals surface area contributed by atoms with Crippen LogP contribution in [0, 0.1) is 0 Å². The third-order valence-corrected chi connectivity index (χ3v) is 8.57. The van der Waals surface area contributed by atoms with Gasteiger partial charge in [0.1, 0.15) is 6.61 Å². The predicted octanol–water partition coefficient (Wildman–Crippen LogP) is 4.56. The molecule has 2 atom stereocenters. The first-order valence-electron chi connectivity index (χ1n) is 14.3. The molecule has 2 aromatic carbocycles. The number of hydrogen-bond acceptors (Lipinski definition) is 6. The van der Waals surface area contributed by atoms with Gasteiger partial charge in [0.25, 0.3) is 0 Å². The number of amides is 1. The van der Waals surface area contributed by atoms with Crippen molar-refractivity contribution in [3.63, 3.8) is 0 Å². The second-order valence-electron chi connectivity index (χ2n) is 11.1. The molecule has 3 aliphatic rings. The number of piperazine rings is 1. The lowest BCUT2D eigenvalue weighted by Gasteiger charge is -2.39. The molecule has 1 aromatic heterocycles. The Morgan fingerprint density at radius 2 is 1.85 bits per heavy atom. The minimum absolute atomic E-state index is 0.223. The quantitative estimate of drug-likeness (QED) is 0.509. The monoisotopic (exact) mass is 525 g/mol. The third-order valence-electron chi connectivity index (χ3n) is 8.57. The number of benzene rings is 2. The van der Waals surface area contributed by atoms with Crippen LogP contribution in [0.25, 0.3) is 0 Å². The number of rotatable bonds is 6. The van der Waals surface area contributed by atoms with Gasteiger partial charge in [-0.2, -0.15) is 0 Å². The molecule has 0 unspecified atom stereocenters. The van der Waals surface area contributed by atoms with E-state index in [-0.39, 0.29) is 6.09 Å². The highest BCUT2D eigenvalue weighted by Crippen LogP contribution is 2.33. The van der Waals surface area contributed by atoms with Crippen molar-refractivity contribution in [1.82, 2.24) is 20.1 Å². The molecule has 1 aliphatic carbocycles. The van der Waals surface area contributed by atoms with E-state index >= 15 is 0 Å². The first kappa shape index (κ1) is 25.8. The van der Waals surface area contributed by atoms with Gasteiger partial charge in [-0.05, 0) is 67.1 Å². The molecule has 7 heteroatoms. The Balaban J connectivity index is 1.07. The van der Waals surface area contributed by atoms with Crippen LogP contribution in [0.1, 0.15) is 46.8 Å². The van der Waals surface area contributed by atoms with E-state index in [4.69, 9.17) is 9.72 Å². The average molecular weight is 526 g/mol. The van der Waals surface area contributed by atoms with Crippen molar-refractivity contribution in [3.8, 4) is 0 Å². The maximum absolute atomic E-state index is 12.7. The molecule has 1 saturated heterocycles. The molecule has 0 bridgehead atoms. The van der Waals surface area contributed by atoms with Gasteiger partial charge in [0, 0.05) is 57.2 Å². The summed E-state index contributed by atoms with van der Waals surface area (Å²) >= 11 is 0. The van der Waals surface area contributed by atoms with Crippen molar-refractivity contribution in [2.45, 2.75) is 50.9 Å². The minimum Gasteiger partial charge on any atom is -0.445 e. The molecule has 0 radical (unpaired) electrons. The van der Waals surface area contributed by atoms with Crippen LogP contribution in [0.15, 0.2) is 66.9 Å². The fourth-order valence-electron chi connectivity index (χ4n) is 6.45. The molecule has 1 fully saturated rings. The van der Waals surface area contributed by atoms with Crippen LogP contribution in [0.5, 0.6) is 0 Å². The zero-order chi connectivity index (χ0) is 26.6. The van der Waals surface area contributed by atoms with Gasteiger partial charge >= 0.3 is 6.09 Å². The Morgan fingerprint density at radius 1 is 1.03 bits per heavy atom. The van der Waals surface area contributed by atoms with E-state index in [1.54, 1.807) is 0 Å². The van der Waals surface area contributed by atoms with Crippen LogP contribution >= 0.6 is 0 Å². The summed E-state index contributed by atoms with van der Waals surface area (Å²) in [7, 11) is 2.26. The van der Waals surface area contributed by atoms with E-state index in [9.17, 15) is 4.79 Å². The number of anilines is 1. The summed E-state index contributed by atoms with van der Waals surface area (Å²) in [5, 5.41) is 3.80. The SMILES string of the molecule is CN(C[C@H]1Cc2c(cccc2N2CCN(C(=O)OCc3ccccc3)CC2)CN1)[C@H]1CCCc2cccnc21. The van der Waals surface area contributed by atoms with Gasteiger partial charge in [0.2, 0.25) is 0 Å². The van der Waals surface area contributed by atoms with Crippen LogP contribution in [0.4, 0.5) is 10.5 Å². The van der Waals surface area contributed by atoms with Crippen molar-refractivity contribution in [3.05, 3.63) is 94.8 Å². The summed E-state index contributed by atoms with van der Waals surface area (Å²) in [6.07, 6.45) is 6.27. The number of aryl methyl sites for hydroxylation is 1. The molecular weight excluding hydrogens is 486 g/mol. The number of carbonyl (C=O) groups is 1. The summed E-state index contributed by atoms with van der Waals surface area (Å²) in [4.78, 5) is 24.2. The normalized spacial score (nSPS) is 20.9. The second kappa shape index (κ2) is 11.8. The van der Waals surface area contributed by atoms with E-state index in [1.807, 2.05) is 41.4 Å². The van der Waals surface area contributed by atoms with Crippen molar-refractivity contribution in [1.29, 1.82) is 0 Å². The van der Waals surface area contributed by atoms with Crippen molar-refractivity contribution >= 4 is 11.8 Å². The van der Waals surface area contributed by atoms with Gasteiger partial charge in [0.05, 0.1) is 11.7 Å². The number of aromatic nitrogens is 1. The number of carbonyl (C=O) groups excluding carboxylic acids is 1. The second-order valence-corrected chi connectivity index (χ2v) is 11.1. The fraction of sp³-hybridized carbons (Fsp3) is 0.438. The topological polar surface area (TPSA) is 60.9 Å². The maximum atomic E-state index is 12.7. The van der Waals surface area contributed by atoms with Gasteiger partial charge in [0.15, 0.2) is 0 Å². The lowest BCUT2D eigenvalue weighted by molar-refractivity contribution is 0.0942. The van der Waals surface area contributed by atoms with Gasteiger partial charge in [-0.25, -0.2) is 4.79 Å². The summed E-state index contributed by atoms with van der Waals surface area (Å²) in [5.74, 6) is 0. The Kier molecular flexibility index (Phi) is 7.79. The number of nitrogens with one attached hydrogen (secondary N) is 1. The van der Waals surface area contributed by atoms with Crippen LogP contribution in [0.2, 0.25) is 0 Å². The zero-order valence-electron chi connectivity index (χ0n) is 22.9. The van der Waals surface area contributed by atoms with E-state index in [0.29, 0.717) is 31.8 Å². The van der Waals surface area contributed by atoms with Crippen LogP contribution in [-0.4, -0.2) is 66.7 Å². The molecule has 0 spiro atoms. The number of ether oxygens (including phenoxy) is 1. The molecule has 204 valence electrons. The lowest BCUT2D eigenvalue weighted by atomic mass is 9.89. The van der Waals surface area contributed by atoms with Gasteiger partial charge in [-0.15, -0.1) is 0 Å². The fourth-order valence-corrected chi connectivity index (χ4v) is 6.45. The number of hydrogen-bond donors (Lipinski definition) is 1. The average Bonchev–Trinajstić information content (AvgIpc) is 3.00. The smallest absolute Gasteiger partial charge is 0.410 e. The summed E-state index contributed by atoms with van der Waals surface area (Å²) in [6.45, 7) is 5.20. The molecule has 7 nitrogen and oxygen atoms in total. The highest BCUT2D eigenvalue weighted by atomic mass is 16.6. The van der Waals surface area contributed by atoms with Crippen molar-refractivity contribution in [2.75, 3.05) is 44.7 Å². The molecule has 2 aliphatic heterocycles. The van der Waals surface area contributed by atoms with Gasteiger partial charge < -0.3 is 19.9 Å². The molecule has 0 saturated carbocycles. The molecule has 6 rings (SSSR count).